The molecule has 2 N–H and O–H groups in total. The smallest absolute Gasteiger partial charge is 0.221 e. The van der Waals surface area contributed by atoms with Gasteiger partial charge in [-0.25, -0.2) is 0 Å². The highest BCUT2D eigenvalue weighted by molar-refractivity contribution is 5.76. The van der Waals surface area contributed by atoms with Gasteiger partial charge in [0.15, 0.2) is 0 Å². The maximum Gasteiger partial charge on any atom is 0.221 e. The number of nitrogens with zero attached hydrogens (tertiary/aromatic N) is 1. The van der Waals surface area contributed by atoms with E-state index < -0.39 is 0 Å². The third-order valence-corrected chi connectivity index (χ3v) is 4.08. The number of nitrogens with one attached hydrogen (secondary N) is 2. The maximum absolute atomic E-state index is 11.6. The van der Waals surface area contributed by atoms with Gasteiger partial charge in [0.05, 0.1) is 0 Å². The van der Waals surface area contributed by atoms with Crippen LogP contribution in [-0.4, -0.2) is 50.1 Å². The topological polar surface area (TPSA) is 44.4 Å². The van der Waals surface area contributed by atoms with E-state index in [1.807, 2.05) is 0 Å². The van der Waals surface area contributed by atoms with Gasteiger partial charge in [0, 0.05) is 25.6 Å². The van der Waals surface area contributed by atoms with Crippen molar-refractivity contribution >= 4 is 5.91 Å². The van der Waals surface area contributed by atoms with Crippen molar-refractivity contribution in [3.63, 3.8) is 0 Å². The lowest BCUT2D eigenvalue weighted by molar-refractivity contribution is -0.121. The van der Waals surface area contributed by atoms with Crippen LogP contribution in [0.15, 0.2) is 0 Å². The molecule has 0 bridgehead atoms. The fourth-order valence-electron chi connectivity index (χ4n) is 2.53. The predicted octanol–water partition coefficient (Wildman–Crippen LogP) is 0.977. The van der Waals surface area contributed by atoms with Crippen molar-refractivity contribution in [3.05, 3.63) is 0 Å². The Hall–Kier alpha value is -0.610. The molecule has 0 spiro atoms. The van der Waals surface area contributed by atoms with E-state index in [2.05, 4.69) is 22.6 Å². The largest absolute Gasteiger partial charge is 0.356 e. The van der Waals surface area contributed by atoms with Crippen LogP contribution in [0.3, 0.4) is 0 Å². The average Bonchev–Trinajstić information content (AvgIpc) is 3.16. The van der Waals surface area contributed by atoms with Gasteiger partial charge in [-0.15, -0.1) is 0 Å². The minimum atomic E-state index is 0.205. The molecule has 104 valence electrons. The van der Waals surface area contributed by atoms with Crippen molar-refractivity contribution in [3.8, 4) is 0 Å². The summed E-state index contributed by atoms with van der Waals surface area (Å²) in [5.74, 6) is 1.02. The van der Waals surface area contributed by atoms with E-state index in [4.69, 9.17) is 0 Å². The van der Waals surface area contributed by atoms with Crippen LogP contribution in [0.4, 0.5) is 0 Å². The van der Waals surface area contributed by atoms with Gasteiger partial charge in [0.2, 0.25) is 5.91 Å². The lowest BCUT2D eigenvalue weighted by Crippen LogP contribution is -2.33. The number of likely N-dealkylation sites (tertiary alicyclic amines) is 1. The maximum atomic E-state index is 11.6. The number of carbonyl (C=O) groups excluding carboxylic acids is 1. The Kier molecular flexibility index (Phi) is 5.45. The van der Waals surface area contributed by atoms with Crippen molar-refractivity contribution in [1.29, 1.82) is 0 Å². The summed E-state index contributed by atoms with van der Waals surface area (Å²) in [4.78, 5) is 14.0. The van der Waals surface area contributed by atoms with E-state index in [0.717, 1.165) is 25.4 Å². The Morgan fingerprint density at radius 2 is 1.89 bits per heavy atom. The SMILES string of the molecule is CN1CCC(CCNC(=O)CCNC2CC2)CC1. The minimum Gasteiger partial charge on any atom is -0.356 e. The van der Waals surface area contributed by atoms with E-state index in [0.29, 0.717) is 12.5 Å². The van der Waals surface area contributed by atoms with Gasteiger partial charge < -0.3 is 15.5 Å². The Labute approximate surface area is 110 Å². The van der Waals surface area contributed by atoms with Crippen LogP contribution in [0.5, 0.6) is 0 Å². The molecule has 0 atom stereocenters. The molecule has 1 aliphatic carbocycles. The van der Waals surface area contributed by atoms with Gasteiger partial charge >= 0.3 is 0 Å². The van der Waals surface area contributed by atoms with Gasteiger partial charge in [-0.1, -0.05) is 0 Å². The quantitative estimate of drug-likeness (QED) is 0.711. The monoisotopic (exact) mass is 253 g/mol. The van der Waals surface area contributed by atoms with E-state index in [-0.39, 0.29) is 5.91 Å². The molecule has 4 heteroatoms. The van der Waals surface area contributed by atoms with Gasteiger partial charge in [0.1, 0.15) is 0 Å². The molecule has 4 nitrogen and oxygen atoms in total. The van der Waals surface area contributed by atoms with Crippen LogP contribution >= 0.6 is 0 Å². The lowest BCUT2D eigenvalue weighted by atomic mass is 9.94. The summed E-state index contributed by atoms with van der Waals surface area (Å²) >= 11 is 0. The van der Waals surface area contributed by atoms with Crippen LogP contribution < -0.4 is 10.6 Å². The Balaban J connectivity index is 1.45. The second-order valence-electron chi connectivity index (χ2n) is 5.86. The van der Waals surface area contributed by atoms with Crippen LogP contribution in [0.25, 0.3) is 0 Å². The van der Waals surface area contributed by atoms with E-state index >= 15 is 0 Å². The molecule has 0 aromatic carbocycles. The van der Waals surface area contributed by atoms with Crippen LogP contribution in [0, 0.1) is 5.92 Å². The molecular formula is C14H27N3O. The van der Waals surface area contributed by atoms with Gasteiger partial charge in [0.25, 0.3) is 0 Å². The molecule has 1 aliphatic heterocycles. The molecule has 0 aromatic heterocycles. The van der Waals surface area contributed by atoms with Crippen LogP contribution in [0.1, 0.15) is 38.5 Å². The first-order chi connectivity index (χ1) is 8.74. The normalized spacial score (nSPS) is 22.1. The molecule has 2 aliphatic rings. The van der Waals surface area contributed by atoms with Crippen LogP contribution in [0.2, 0.25) is 0 Å². The van der Waals surface area contributed by atoms with Crippen molar-refractivity contribution in [1.82, 2.24) is 15.5 Å². The second kappa shape index (κ2) is 7.10. The van der Waals surface area contributed by atoms with Crippen molar-refractivity contribution < 1.29 is 4.79 Å². The zero-order valence-electron chi connectivity index (χ0n) is 11.6. The number of piperidine rings is 1. The molecule has 1 amide bonds. The van der Waals surface area contributed by atoms with E-state index in [1.54, 1.807) is 0 Å². The lowest BCUT2D eigenvalue weighted by Gasteiger charge is -2.28. The first kappa shape index (κ1) is 13.8. The summed E-state index contributed by atoms with van der Waals surface area (Å²) in [5, 5.41) is 6.41. The second-order valence-corrected chi connectivity index (χ2v) is 5.86. The first-order valence-corrected chi connectivity index (χ1v) is 7.42. The zero-order valence-corrected chi connectivity index (χ0v) is 11.6. The molecule has 2 fully saturated rings. The standard InChI is InChI=1S/C14H27N3O/c1-17-10-6-12(7-11-17)4-8-16-14(18)5-9-15-13-2-3-13/h12-13,15H,2-11H2,1H3,(H,16,18). The fraction of sp³-hybridized carbons (Fsp3) is 0.929. The molecule has 18 heavy (non-hydrogen) atoms. The molecule has 1 heterocycles. The summed E-state index contributed by atoms with van der Waals surface area (Å²) in [6.07, 6.45) is 6.93. The highest BCUT2D eigenvalue weighted by Gasteiger charge is 2.20. The molecule has 1 saturated heterocycles. The molecular weight excluding hydrogens is 226 g/mol. The summed E-state index contributed by atoms with van der Waals surface area (Å²) < 4.78 is 0. The van der Waals surface area contributed by atoms with E-state index in [9.17, 15) is 4.79 Å². The Morgan fingerprint density at radius 3 is 2.56 bits per heavy atom. The summed E-state index contributed by atoms with van der Waals surface area (Å²) in [6, 6.07) is 0.706. The van der Waals surface area contributed by atoms with Crippen molar-refractivity contribution in [2.75, 3.05) is 33.2 Å². The molecule has 1 saturated carbocycles. The number of hydrogen-bond acceptors (Lipinski definition) is 3. The molecule has 0 unspecified atom stereocenters. The van der Waals surface area contributed by atoms with Crippen molar-refractivity contribution in [2.24, 2.45) is 5.92 Å². The molecule has 0 aromatic rings. The van der Waals surface area contributed by atoms with Gasteiger partial charge in [-0.05, 0) is 58.2 Å². The Morgan fingerprint density at radius 1 is 1.17 bits per heavy atom. The molecule has 2 rings (SSSR count). The molecule has 0 radical (unpaired) electrons. The number of rotatable bonds is 7. The van der Waals surface area contributed by atoms with Crippen molar-refractivity contribution in [2.45, 2.75) is 44.6 Å². The highest BCUT2D eigenvalue weighted by Crippen LogP contribution is 2.19. The third kappa shape index (κ3) is 5.36. The highest BCUT2D eigenvalue weighted by atomic mass is 16.1. The summed E-state index contributed by atoms with van der Waals surface area (Å²) in [5.41, 5.74) is 0. The summed E-state index contributed by atoms with van der Waals surface area (Å²) in [6.45, 7) is 4.12. The zero-order chi connectivity index (χ0) is 12.8. The number of hydrogen-bond donors (Lipinski definition) is 2. The fourth-order valence-corrected chi connectivity index (χ4v) is 2.53. The van der Waals surface area contributed by atoms with Gasteiger partial charge in [-0.2, -0.15) is 0 Å². The predicted molar refractivity (Wildman–Crippen MR) is 73.5 cm³/mol. The minimum absolute atomic E-state index is 0.205. The number of carbonyl (C=O) groups is 1. The van der Waals surface area contributed by atoms with E-state index in [1.165, 1.54) is 38.8 Å². The van der Waals surface area contributed by atoms with Gasteiger partial charge in [-0.3, -0.25) is 4.79 Å². The number of amides is 1. The van der Waals surface area contributed by atoms with Crippen LogP contribution in [-0.2, 0) is 4.79 Å². The Bertz CT molecular complexity index is 258. The average molecular weight is 253 g/mol. The third-order valence-electron chi connectivity index (χ3n) is 4.08. The first-order valence-electron chi connectivity index (χ1n) is 7.42. The summed E-state index contributed by atoms with van der Waals surface area (Å²) in [7, 11) is 2.19.